The van der Waals surface area contributed by atoms with Crippen LogP contribution in [0.2, 0.25) is 0 Å². The molecule has 2 aliphatic rings. The van der Waals surface area contributed by atoms with Crippen LogP contribution >= 0.6 is 0 Å². The van der Waals surface area contributed by atoms with Crippen LogP contribution in [0, 0.1) is 5.92 Å². The predicted octanol–water partition coefficient (Wildman–Crippen LogP) is 1.42. The molecule has 0 N–H and O–H groups in total. The molecule has 4 rings (SSSR count). The van der Waals surface area contributed by atoms with E-state index in [1.165, 1.54) is 19.4 Å². The number of anilines is 1. The van der Waals surface area contributed by atoms with Crippen LogP contribution in [0.1, 0.15) is 10.6 Å². The molecule has 1 saturated heterocycles. The van der Waals surface area contributed by atoms with Gasteiger partial charge in [-0.25, -0.2) is 4.90 Å². The van der Waals surface area contributed by atoms with E-state index in [9.17, 15) is 14.4 Å². The molecule has 2 aliphatic heterocycles. The molecule has 1 aromatic carbocycles. The zero-order valence-electron chi connectivity index (χ0n) is 13.0. The SMILES string of the molecule is COc1ccc(N2C(=O)[C@H]3C(C(=O)c4ccco4)=NO[C@H]3C2=O)cc1. The third-order valence-electron chi connectivity index (χ3n) is 4.12. The number of ether oxygens (including phenoxy) is 1. The van der Waals surface area contributed by atoms with Crippen molar-refractivity contribution in [3.8, 4) is 5.75 Å². The fraction of sp³-hybridized carbons (Fsp3) is 0.176. The highest BCUT2D eigenvalue weighted by Crippen LogP contribution is 2.34. The van der Waals surface area contributed by atoms with E-state index >= 15 is 0 Å². The summed E-state index contributed by atoms with van der Waals surface area (Å²) in [5.74, 6) is -2.15. The van der Waals surface area contributed by atoms with Gasteiger partial charge < -0.3 is 14.0 Å². The number of nitrogens with zero attached hydrogens (tertiary/aromatic N) is 2. The molecule has 2 aromatic rings. The fourth-order valence-electron chi connectivity index (χ4n) is 2.89. The minimum Gasteiger partial charge on any atom is -0.497 e. The van der Waals surface area contributed by atoms with Crippen LogP contribution in [-0.2, 0) is 14.4 Å². The van der Waals surface area contributed by atoms with Gasteiger partial charge in [0.05, 0.1) is 19.1 Å². The van der Waals surface area contributed by atoms with Crippen molar-refractivity contribution >= 4 is 29.0 Å². The molecule has 0 aliphatic carbocycles. The predicted molar refractivity (Wildman–Crippen MR) is 84.3 cm³/mol. The smallest absolute Gasteiger partial charge is 0.278 e. The Morgan fingerprint density at radius 1 is 1.16 bits per heavy atom. The molecule has 0 bridgehead atoms. The van der Waals surface area contributed by atoms with E-state index in [4.69, 9.17) is 14.0 Å². The lowest BCUT2D eigenvalue weighted by Gasteiger charge is -2.15. The highest BCUT2D eigenvalue weighted by atomic mass is 16.7. The topological polar surface area (TPSA) is 98.4 Å². The number of Topliss-reactive ketones (excluding diaryl/α,β-unsaturated/α-hetero) is 1. The molecule has 1 fully saturated rings. The molecular weight excluding hydrogens is 328 g/mol. The summed E-state index contributed by atoms with van der Waals surface area (Å²) in [5, 5.41) is 3.65. The van der Waals surface area contributed by atoms with Gasteiger partial charge in [-0.2, -0.15) is 0 Å². The van der Waals surface area contributed by atoms with Crippen LogP contribution in [0.15, 0.2) is 52.2 Å². The Morgan fingerprint density at radius 3 is 2.56 bits per heavy atom. The molecule has 2 atom stereocenters. The van der Waals surface area contributed by atoms with E-state index in [0.717, 1.165) is 4.90 Å². The molecule has 2 amide bonds. The Hall–Kier alpha value is -3.42. The Bertz CT molecular complexity index is 884. The molecule has 0 radical (unpaired) electrons. The Labute approximate surface area is 141 Å². The summed E-state index contributed by atoms with van der Waals surface area (Å²) in [6.45, 7) is 0. The maximum Gasteiger partial charge on any atom is 0.278 e. The summed E-state index contributed by atoms with van der Waals surface area (Å²) in [6.07, 6.45) is 0.204. The van der Waals surface area contributed by atoms with Crippen molar-refractivity contribution < 1.29 is 28.4 Å². The monoisotopic (exact) mass is 340 g/mol. The second-order valence-electron chi connectivity index (χ2n) is 5.50. The lowest BCUT2D eigenvalue weighted by Crippen LogP contribution is -2.34. The number of hydrogen-bond donors (Lipinski definition) is 0. The van der Waals surface area contributed by atoms with Gasteiger partial charge in [0.25, 0.3) is 5.91 Å². The van der Waals surface area contributed by atoms with Crippen LogP contribution in [0.4, 0.5) is 5.69 Å². The fourth-order valence-corrected chi connectivity index (χ4v) is 2.89. The van der Waals surface area contributed by atoms with Crippen molar-refractivity contribution in [2.75, 3.05) is 12.0 Å². The zero-order valence-corrected chi connectivity index (χ0v) is 13.0. The number of amides is 2. The molecule has 25 heavy (non-hydrogen) atoms. The molecule has 8 heteroatoms. The summed E-state index contributed by atoms with van der Waals surface area (Å²) in [7, 11) is 1.52. The molecule has 0 spiro atoms. The number of furan rings is 1. The van der Waals surface area contributed by atoms with Crippen LogP contribution in [0.5, 0.6) is 5.75 Å². The van der Waals surface area contributed by atoms with Crippen molar-refractivity contribution in [3.05, 3.63) is 48.4 Å². The molecule has 3 heterocycles. The van der Waals surface area contributed by atoms with E-state index in [2.05, 4.69) is 5.16 Å². The van der Waals surface area contributed by atoms with Crippen molar-refractivity contribution in [1.82, 2.24) is 0 Å². The van der Waals surface area contributed by atoms with Gasteiger partial charge in [0.1, 0.15) is 17.4 Å². The summed E-state index contributed by atoms with van der Waals surface area (Å²) in [4.78, 5) is 43.8. The molecular formula is C17H12N2O6. The lowest BCUT2D eigenvalue weighted by atomic mass is 9.96. The lowest BCUT2D eigenvalue weighted by molar-refractivity contribution is -0.126. The summed E-state index contributed by atoms with van der Waals surface area (Å²) in [6, 6.07) is 9.44. The van der Waals surface area contributed by atoms with Crippen LogP contribution in [0.3, 0.4) is 0 Å². The number of carbonyl (C=O) groups is 3. The number of benzene rings is 1. The van der Waals surface area contributed by atoms with Crippen molar-refractivity contribution in [2.45, 2.75) is 6.10 Å². The van der Waals surface area contributed by atoms with Crippen LogP contribution < -0.4 is 9.64 Å². The van der Waals surface area contributed by atoms with E-state index < -0.39 is 29.6 Å². The largest absolute Gasteiger partial charge is 0.497 e. The number of carbonyl (C=O) groups excluding carboxylic acids is 3. The Kier molecular flexibility index (Phi) is 3.38. The summed E-state index contributed by atoms with van der Waals surface area (Å²) >= 11 is 0. The molecule has 0 saturated carbocycles. The summed E-state index contributed by atoms with van der Waals surface area (Å²) < 4.78 is 10.1. The number of oxime groups is 1. The number of rotatable bonds is 4. The van der Waals surface area contributed by atoms with Crippen LogP contribution in [-0.4, -0.2) is 36.5 Å². The average Bonchev–Trinajstić information content (AvgIpc) is 3.35. The van der Waals surface area contributed by atoms with E-state index in [-0.39, 0.29) is 11.5 Å². The van der Waals surface area contributed by atoms with Gasteiger partial charge >= 0.3 is 0 Å². The molecule has 126 valence electrons. The van der Waals surface area contributed by atoms with Gasteiger partial charge in [0.2, 0.25) is 17.8 Å². The second-order valence-corrected chi connectivity index (χ2v) is 5.50. The van der Waals surface area contributed by atoms with Gasteiger partial charge in [-0.3, -0.25) is 14.4 Å². The average molecular weight is 340 g/mol. The number of imide groups is 1. The van der Waals surface area contributed by atoms with Crippen molar-refractivity contribution in [3.63, 3.8) is 0 Å². The number of hydrogen-bond acceptors (Lipinski definition) is 7. The normalized spacial score (nSPS) is 21.8. The van der Waals surface area contributed by atoms with Gasteiger partial charge in [-0.05, 0) is 36.4 Å². The van der Waals surface area contributed by atoms with Gasteiger partial charge in [-0.1, -0.05) is 5.16 Å². The van der Waals surface area contributed by atoms with Crippen molar-refractivity contribution in [1.29, 1.82) is 0 Å². The van der Waals surface area contributed by atoms with Gasteiger partial charge in [-0.15, -0.1) is 0 Å². The number of methoxy groups -OCH3 is 1. The van der Waals surface area contributed by atoms with Gasteiger partial charge in [0.15, 0.2) is 5.76 Å². The van der Waals surface area contributed by atoms with Crippen LogP contribution in [0.25, 0.3) is 0 Å². The minimum atomic E-state index is -1.14. The van der Waals surface area contributed by atoms with E-state index in [1.54, 1.807) is 30.3 Å². The molecule has 1 aromatic heterocycles. The first kappa shape index (κ1) is 15.1. The first-order valence-corrected chi connectivity index (χ1v) is 7.45. The summed E-state index contributed by atoms with van der Waals surface area (Å²) in [5.41, 5.74) is 0.243. The Balaban J connectivity index is 1.65. The van der Waals surface area contributed by atoms with Gasteiger partial charge in [0, 0.05) is 0 Å². The standard InChI is InChI=1S/C17H12N2O6/c1-23-10-6-4-9(5-7-10)19-16(21)12-13(18-25-15(12)17(19)22)14(20)11-3-2-8-24-11/h2-8,12,15H,1H3/t12-,15+/m0/s1. The minimum absolute atomic E-state index is 0.0335. The third kappa shape index (κ3) is 2.22. The number of ketones is 1. The Morgan fingerprint density at radius 2 is 1.92 bits per heavy atom. The first-order valence-electron chi connectivity index (χ1n) is 7.45. The maximum absolute atomic E-state index is 12.8. The second kappa shape index (κ2) is 5.59. The maximum atomic E-state index is 12.8. The first-order chi connectivity index (χ1) is 12.1. The highest BCUT2D eigenvalue weighted by molar-refractivity contribution is 6.52. The molecule has 8 nitrogen and oxygen atoms in total. The van der Waals surface area contributed by atoms with Crippen molar-refractivity contribution in [2.24, 2.45) is 11.1 Å². The third-order valence-corrected chi connectivity index (χ3v) is 4.12. The van der Waals surface area contributed by atoms with E-state index in [0.29, 0.717) is 11.4 Å². The van der Waals surface area contributed by atoms with E-state index in [1.807, 2.05) is 0 Å². The quantitative estimate of drug-likeness (QED) is 0.616. The highest BCUT2D eigenvalue weighted by Gasteiger charge is 2.57. The zero-order chi connectivity index (χ0) is 17.6. The molecule has 0 unspecified atom stereocenters. The number of fused-ring (bicyclic) bond motifs is 1.